The molecule has 82 valence electrons. The standard InChI is InChI=1S/C8H6F3NOS2/c9-8(10,11)6(4-12)5-15(13)7-2-1-3-14-7/h1-3,6H,5H2. The molecule has 0 fully saturated rings. The predicted molar refractivity (Wildman–Crippen MR) is 50.8 cm³/mol. The average molecular weight is 253 g/mol. The Labute approximate surface area is 90.8 Å². The van der Waals surface area contributed by atoms with Gasteiger partial charge in [0.25, 0.3) is 0 Å². The Bertz CT molecular complexity index is 380. The van der Waals surface area contributed by atoms with Gasteiger partial charge in [-0.1, -0.05) is 6.07 Å². The lowest BCUT2D eigenvalue weighted by atomic mass is 10.2. The highest BCUT2D eigenvalue weighted by Gasteiger charge is 2.41. The van der Waals surface area contributed by atoms with Gasteiger partial charge in [0.2, 0.25) is 0 Å². The zero-order valence-electron chi connectivity index (χ0n) is 7.32. The minimum Gasteiger partial charge on any atom is -0.253 e. The molecule has 15 heavy (non-hydrogen) atoms. The second-order valence-electron chi connectivity index (χ2n) is 2.67. The highest BCUT2D eigenvalue weighted by atomic mass is 32.2. The highest BCUT2D eigenvalue weighted by Crippen LogP contribution is 2.28. The van der Waals surface area contributed by atoms with E-state index in [1.54, 1.807) is 11.4 Å². The van der Waals surface area contributed by atoms with E-state index >= 15 is 0 Å². The van der Waals surface area contributed by atoms with Gasteiger partial charge in [0.15, 0.2) is 5.92 Å². The molecule has 2 unspecified atom stereocenters. The summed E-state index contributed by atoms with van der Waals surface area (Å²) in [5, 5.41) is 9.93. The number of thiophene rings is 1. The summed E-state index contributed by atoms with van der Waals surface area (Å²) in [7, 11) is -1.75. The summed E-state index contributed by atoms with van der Waals surface area (Å²) in [4.78, 5) is 0. The van der Waals surface area contributed by atoms with Gasteiger partial charge in [-0.3, -0.25) is 4.21 Å². The topological polar surface area (TPSA) is 40.9 Å². The molecule has 0 saturated carbocycles. The van der Waals surface area contributed by atoms with Crippen LogP contribution in [-0.2, 0) is 10.8 Å². The van der Waals surface area contributed by atoms with E-state index in [0.717, 1.165) is 17.4 Å². The second-order valence-corrected chi connectivity index (χ2v) is 5.34. The average Bonchev–Trinajstić information content (AvgIpc) is 2.64. The normalized spacial score (nSPS) is 15.6. The van der Waals surface area contributed by atoms with Crippen LogP contribution in [0.4, 0.5) is 13.2 Å². The maximum atomic E-state index is 12.2. The van der Waals surface area contributed by atoms with E-state index in [1.807, 2.05) is 0 Å². The van der Waals surface area contributed by atoms with Crippen molar-refractivity contribution < 1.29 is 17.4 Å². The van der Waals surface area contributed by atoms with Crippen molar-refractivity contribution in [2.24, 2.45) is 5.92 Å². The van der Waals surface area contributed by atoms with Gasteiger partial charge in [-0.15, -0.1) is 11.3 Å². The summed E-state index contributed by atoms with van der Waals surface area (Å²) in [6, 6.07) is 4.22. The number of halogens is 3. The lowest BCUT2D eigenvalue weighted by Gasteiger charge is -2.11. The summed E-state index contributed by atoms with van der Waals surface area (Å²) in [6.07, 6.45) is -4.61. The first-order valence-electron chi connectivity index (χ1n) is 3.83. The van der Waals surface area contributed by atoms with Gasteiger partial charge < -0.3 is 0 Å². The van der Waals surface area contributed by atoms with Crippen molar-refractivity contribution in [3.05, 3.63) is 17.5 Å². The van der Waals surface area contributed by atoms with Gasteiger partial charge in [0.05, 0.1) is 26.8 Å². The summed E-state index contributed by atoms with van der Waals surface area (Å²) < 4.78 is 48.3. The lowest BCUT2D eigenvalue weighted by Crippen LogP contribution is -2.26. The van der Waals surface area contributed by atoms with Crippen LogP contribution in [0, 0.1) is 17.2 Å². The first-order chi connectivity index (χ1) is 6.95. The molecule has 0 aliphatic rings. The van der Waals surface area contributed by atoms with E-state index in [0.29, 0.717) is 4.21 Å². The molecule has 2 atom stereocenters. The molecule has 0 aliphatic heterocycles. The van der Waals surface area contributed by atoms with Crippen molar-refractivity contribution >= 4 is 22.1 Å². The van der Waals surface area contributed by atoms with Crippen LogP contribution in [-0.4, -0.2) is 16.1 Å². The van der Waals surface area contributed by atoms with Crippen LogP contribution in [0.15, 0.2) is 21.7 Å². The fourth-order valence-corrected chi connectivity index (χ4v) is 3.04. The zero-order valence-corrected chi connectivity index (χ0v) is 8.96. The van der Waals surface area contributed by atoms with Crippen LogP contribution in [0.25, 0.3) is 0 Å². The van der Waals surface area contributed by atoms with Crippen molar-refractivity contribution in [3.8, 4) is 6.07 Å². The summed E-state index contributed by atoms with van der Waals surface area (Å²) in [5.74, 6) is -2.86. The molecule has 2 nitrogen and oxygen atoms in total. The van der Waals surface area contributed by atoms with Crippen LogP contribution in [0.2, 0.25) is 0 Å². The lowest BCUT2D eigenvalue weighted by molar-refractivity contribution is -0.153. The monoisotopic (exact) mass is 253 g/mol. The van der Waals surface area contributed by atoms with E-state index in [2.05, 4.69) is 0 Å². The minimum atomic E-state index is -4.61. The van der Waals surface area contributed by atoms with Crippen molar-refractivity contribution in [2.45, 2.75) is 10.4 Å². The Morgan fingerprint density at radius 1 is 1.60 bits per heavy atom. The number of nitrogens with zero attached hydrogens (tertiary/aromatic N) is 1. The summed E-state index contributed by atoms with van der Waals surface area (Å²) >= 11 is 1.12. The fourth-order valence-electron chi connectivity index (χ4n) is 0.831. The molecule has 1 heterocycles. The summed E-state index contributed by atoms with van der Waals surface area (Å²) in [5.41, 5.74) is 0. The van der Waals surface area contributed by atoms with Gasteiger partial charge in [-0.05, 0) is 11.4 Å². The van der Waals surface area contributed by atoms with Crippen molar-refractivity contribution in [3.63, 3.8) is 0 Å². The largest absolute Gasteiger partial charge is 0.405 e. The van der Waals surface area contributed by atoms with Gasteiger partial charge in [-0.2, -0.15) is 18.4 Å². The second kappa shape index (κ2) is 4.77. The molecule has 1 aromatic heterocycles. The first-order valence-corrected chi connectivity index (χ1v) is 6.03. The molecule has 0 aliphatic carbocycles. The van der Waals surface area contributed by atoms with Gasteiger partial charge in [0.1, 0.15) is 0 Å². The third-order valence-electron chi connectivity index (χ3n) is 1.59. The number of nitriles is 1. The number of hydrogen-bond acceptors (Lipinski definition) is 3. The van der Waals surface area contributed by atoms with Gasteiger partial charge in [-0.25, -0.2) is 0 Å². The SMILES string of the molecule is N#CC(CS(=O)c1cccs1)C(F)(F)F. The van der Waals surface area contributed by atoms with E-state index < -0.39 is 28.6 Å². The predicted octanol–water partition coefficient (Wildman–Crippen LogP) is 2.56. The fraction of sp³-hybridized carbons (Fsp3) is 0.375. The third kappa shape index (κ3) is 3.32. The number of alkyl halides is 3. The van der Waals surface area contributed by atoms with Crippen LogP contribution in [0.1, 0.15) is 0 Å². The highest BCUT2D eigenvalue weighted by molar-refractivity contribution is 7.87. The molecule has 0 radical (unpaired) electrons. The zero-order chi connectivity index (χ0) is 11.5. The third-order valence-corrected chi connectivity index (χ3v) is 4.32. The van der Waals surface area contributed by atoms with Gasteiger partial charge >= 0.3 is 6.18 Å². The van der Waals surface area contributed by atoms with Crippen LogP contribution >= 0.6 is 11.3 Å². The molecule has 1 aromatic rings. The van der Waals surface area contributed by atoms with Crippen molar-refractivity contribution in [1.82, 2.24) is 0 Å². The molecule has 0 N–H and O–H groups in total. The van der Waals surface area contributed by atoms with Crippen molar-refractivity contribution in [1.29, 1.82) is 5.26 Å². The maximum absolute atomic E-state index is 12.2. The van der Waals surface area contributed by atoms with Gasteiger partial charge in [0, 0.05) is 0 Å². The van der Waals surface area contributed by atoms with Crippen LogP contribution < -0.4 is 0 Å². The Morgan fingerprint density at radius 3 is 2.67 bits per heavy atom. The molecular weight excluding hydrogens is 247 g/mol. The molecule has 7 heteroatoms. The van der Waals surface area contributed by atoms with E-state index in [4.69, 9.17) is 5.26 Å². The molecule has 0 bridgehead atoms. The quantitative estimate of drug-likeness (QED) is 0.830. The first kappa shape index (κ1) is 12.2. The minimum absolute atomic E-state index is 0.361. The molecule has 0 spiro atoms. The Hall–Kier alpha value is -0.870. The van der Waals surface area contributed by atoms with E-state index in [1.165, 1.54) is 6.07 Å². The number of hydrogen-bond donors (Lipinski definition) is 0. The smallest absolute Gasteiger partial charge is 0.253 e. The van der Waals surface area contributed by atoms with Crippen LogP contribution in [0.5, 0.6) is 0 Å². The van der Waals surface area contributed by atoms with E-state index in [9.17, 15) is 17.4 Å². The van der Waals surface area contributed by atoms with Crippen molar-refractivity contribution in [2.75, 3.05) is 5.75 Å². The molecular formula is C8H6F3NOS2. The molecule has 0 amide bonds. The molecule has 0 aromatic carbocycles. The Balaban J connectivity index is 2.70. The van der Waals surface area contributed by atoms with E-state index in [-0.39, 0.29) is 0 Å². The maximum Gasteiger partial charge on any atom is 0.405 e. The number of rotatable bonds is 3. The Kier molecular flexibility index (Phi) is 3.88. The Morgan fingerprint density at radius 2 is 2.27 bits per heavy atom. The molecule has 1 rings (SSSR count). The summed E-state index contributed by atoms with van der Waals surface area (Å²) in [6.45, 7) is 0. The molecule has 0 saturated heterocycles. The van der Waals surface area contributed by atoms with Crippen LogP contribution in [0.3, 0.4) is 0 Å².